The van der Waals surface area contributed by atoms with Crippen molar-refractivity contribution in [2.45, 2.75) is 45.5 Å². The highest BCUT2D eigenvalue weighted by atomic mass is 19.4. The summed E-state index contributed by atoms with van der Waals surface area (Å²) in [5.41, 5.74) is -1.55. The van der Waals surface area contributed by atoms with E-state index >= 15 is 0 Å². The van der Waals surface area contributed by atoms with E-state index in [9.17, 15) is 22.8 Å². The maximum Gasteiger partial charge on any atom is 0.418 e. The van der Waals surface area contributed by atoms with Gasteiger partial charge in [0, 0.05) is 13.0 Å². The molecule has 2 aromatic heterocycles. The number of benzene rings is 1. The molecule has 1 N–H and O–H groups in total. The summed E-state index contributed by atoms with van der Waals surface area (Å²) in [5, 5.41) is 6.77. The van der Waals surface area contributed by atoms with Gasteiger partial charge >= 0.3 is 6.18 Å². The van der Waals surface area contributed by atoms with Crippen LogP contribution >= 0.6 is 0 Å². The Hall–Kier alpha value is -3.17. The van der Waals surface area contributed by atoms with E-state index in [-0.39, 0.29) is 29.8 Å². The highest BCUT2D eigenvalue weighted by Gasteiger charge is 2.33. The second-order valence-electron chi connectivity index (χ2n) is 7.55. The van der Waals surface area contributed by atoms with Gasteiger partial charge in [0.15, 0.2) is 5.65 Å². The third-order valence-corrected chi connectivity index (χ3v) is 4.28. The number of amides is 1. The van der Waals surface area contributed by atoms with E-state index in [0.29, 0.717) is 11.0 Å². The lowest BCUT2D eigenvalue weighted by Gasteiger charge is -2.19. The molecule has 0 saturated heterocycles. The molecule has 0 radical (unpaired) electrons. The van der Waals surface area contributed by atoms with Crippen molar-refractivity contribution >= 4 is 22.6 Å². The summed E-state index contributed by atoms with van der Waals surface area (Å²) in [6.07, 6.45) is -2.03. The molecule has 0 unspecified atom stereocenters. The first-order valence-corrected chi connectivity index (χ1v) is 8.88. The Labute approximate surface area is 164 Å². The van der Waals surface area contributed by atoms with E-state index in [1.54, 1.807) is 4.68 Å². The fraction of sp³-hybridized carbons (Fsp3) is 0.368. The molecule has 3 rings (SSSR count). The van der Waals surface area contributed by atoms with Gasteiger partial charge in [0.1, 0.15) is 5.39 Å². The van der Waals surface area contributed by atoms with Crippen LogP contribution in [-0.2, 0) is 23.1 Å². The molecule has 29 heavy (non-hydrogen) atoms. The third-order valence-electron chi connectivity index (χ3n) is 4.28. The van der Waals surface area contributed by atoms with Crippen LogP contribution < -0.4 is 10.9 Å². The predicted octanol–water partition coefficient (Wildman–Crippen LogP) is 3.40. The normalized spacial score (nSPS) is 12.3. The molecule has 0 bridgehead atoms. The molecule has 3 aromatic rings. The lowest BCUT2D eigenvalue weighted by Crippen LogP contribution is -2.26. The Morgan fingerprint density at radius 3 is 2.52 bits per heavy atom. The number of halogens is 3. The summed E-state index contributed by atoms with van der Waals surface area (Å²) in [5.74, 6) is -0.640. The topological polar surface area (TPSA) is 81.8 Å². The van der Waals surface area contributed by atoms with Crippen LogP contribution in [0.5, 0.6) is 0 Å². The fourth-order valence-corrected chi connectivity index (χ4v) is 2.87. The van der Waals surface area contributed by atoms with Crippen LogP contribution in [0.4, 0.5) is 18.9 Å². The number of aromatic nitrogens is 4. The Bertz CT molecular complexity index is 1110. The van der Waals surface area contributed by atoms with Crippen molar-refractivity contribution in [1.29, 1.82) is 0 Å². The maximum absolute atomic E-state index is 13.0. The van der Waals surface area contributed by atoms with Gasteiger partial charge in [-0.05, 0) is 32.9 Å². The van der Waals surface area contributed by atoms with Crippen LogP contribution in [0, 0.1) is 0 Å². The van der Waals surface area contributed by atoms with E-state index in [2.05, 4.69) is 15.4 Å². The highest BCUT2D eigenvalue weighted by molar-refractivity contribution is 5.91. The maximum atomic E-state index is 13.0. The fourth-order valence-electron chi connectivity index (χ4n) is 2.87. The van der Waals surface area contributed by atoms with Crippen LogP contribution in [0.1, 0.15) is 32.8 Å². The largest absolute Gasteiger partial charge is 0.418 e. The first-order valence-electron chi connectivity index (χ1n) is 8.88. The van der Waals surface area contributed by atoms with Crippen molar-refractivity contribution in [2.75, 3.05) is 5.32 Å². The van der Waals surface area contributed by atoms with Gasteiger partial charge in [0.05, 0.1) is 29.3 Å². The molecular weight excluding hydrogens is 387 g/mol. The Balaban J connectivity index is 1.76. The lowest BCUT2D eigenvalue weighted by molar-refractivity contribution is -0.137. The predicted molar refractivity (Wildman–Crippen MR) is 101 cm³/mol. The molecule has 0 aliphatic heterocycles. The minimum atomic E-state index is -4.58. The number of hydrogen-bond acceptors (Lipinski definition) is 4. The summed E-state index contributed by atoms with van der Waals surface area (Å²) in [6.45, 7) is 5.75. The van der Waals surface area contributed by atoms with Gasteiger partial charge < -0.3 is 5.32 Å². The molecule has 0 aliphatic carbocycles. The summed E-state index contributed by atoms with van der Waals surface area (Å²) in [4.78, 5) is 29.0. The number of alkyl halides is 3. The average Bonchev–Trinajstić information content (AvgIpc) is 3.06. The van der Waals surface area contributed by atoms with E-state index in [1.807, 2.05) is 20.8 Å². The standard InChI is InChI=1S/C19H20F3N5O2/c1-18(2,3)27-16-12(10-24-27)17(29)26(11-23-16)9-8-15(28)25-14-7-5-4-6-13(14)19(20,21)22/h4-7,10-11H,8-9H2,1-3H3,(H,25,28). The minimum absolute atomic E-state index is 0.0253. The van der Waals surface area contributed by atoms with E-state index in [0.717, 1.165) is 6.07 Å². The summed E-state index contributed by atoms with van der Waals surface area (Å²) in [6, 6.07) is 4.73. The van der Waals surface area contributed by atoms with Crippen molar-refractivity contribution in [2.24, 2.45) is 0 Å². The van der Waals surface area contributed by atoms with Crippen LogP contribution in [0.25, 0.3) is 11.0 Å². The van der Waals surface area contributed by atoms with Crippen molar-refractivity contribution in [3.63, 3.8) is 0 Å². The molecule has 0 spiro atoms. The molecule has 0 saturated carbocycles. The second kappa shape index (κ2) is 7.34. The molecule has 1 aromatic carbocycles. The molecule has 10 heteroatoms. The molecule has 0 aliphatic rings. The molecule has 0 fully saturated rings. The molecular formula is C19H20F3N5O2. The summed E-state index contributed by atoms with van der Waals surface area (Å²) < 4.78 is 41.9. The van der Waals surface area contributed by atoms with Crippen LogP contribution in [0.15, 0.2) is 41.6 Å². The number of anilines is 1. The second-order valence-corrected chi connectivity index (χ2v) is 7.55. The zero-order chi connectivity index (χ0) is 21.4. The summed E-state index contributed by atoms with van der Waals surface area (Å²) in [7, 11) is 0. The Morgan fingerprint density at radius 1 is 1.17 bits per heavy atom. The number of aryl methyl sites for hydroxylation is 1. The van der Waals surface area contributed by atoms with Gasteiger partial charge in [-0.1, -0.05) is 12.1 Å². The number of fused-ring (bicyclic) bond motifs is 1. The van der Waals surface area contributed by atoms with Gasteiger partial charge in [-0.3, -0.25) is 14.2 Å². The number of nitrogens with zero attached hydrogens (tertiary/aromatic N) is 4. The van der Waals surface area contributed by atoms with Crippen molar-refractivity contribution < 1.29 is 18.0 Å². The van der Waals surface area contributed by atoms with Crippen LogP contribution in [0.2, 0.25) is 0 Å². The average molecular weight is 407 g/mol. The van der Waals surface area contributed by atoms with Gasteiger partial charge in [0.2, 0.25) is 5.91 Å². The monoisotopic (exact) mass is 407 g/mol. The number of para-hydroxylation sites is 1. The highest BCUT2D eigenvalue weighted by Crippen LogP contribution is 2.34. The third kappa shape index (κ3) is 4.30. The number of carbonyl (C=O) groups is 1. The first-order chi connectivity index (χ1) is 13.5. The van der Waals surface area contributed by atoms with Crippen molar-refractivity contribution in [3.8, 4) is 0 Å². The number of hydrogen-bond donors (Lipinski definition) is 1. The molecule has 7 nitrogen and oxygen atoms in total. The molecule has 154 valence electrons. The van der Waals surface area contributed by atoms with E-state index < -0.39 is 17.6 Å². The van der Waals surface area contributed by atoms with Gasteiger partial charge in [-0.15, -0.1) is 0 Å². The lowest BCUT2D eigenvalue weighted by atomic mass is 10.1. The van der Waals surface area contributed by atoms with Crippen molar-refractivity contribution in [3.05, 3.63) is 52.7 Å². The van der Waals surface area contributed by atoms with Gasteiger partial charge in [-0.25, -0.2) is 9.67 Å². The van der Waals surface area contributed by atoms with E-state index in [1.165, 1.54) is 35.3 Å². The first kappa shape index (κ1) is 20.6. The zero-order valence-electron chi connectivity index (χ0n) is 16.1. The Kier molecular flexibility index (Phi) is 5.20. The molecule has 2 heterocycles. The van der Waals surface area contributed by atoms with Gasteiger partial charge in [-0.2, -0.15) is 18.3 Å². The van der Waals surface area contributed by atoms with Gasteiger partial charge in [0.25, 0.3) is 5.56 Å². The number of nitrogens with one attached hydrogen (secondary N) is 1. The molecule has 0 atom stereocenters. The smallest absolute Gasteiger partial charge is 0.325 e. The Morgan fingerprint density at radius 2 is 1.86 bits per heavy atom. The van der Waals surface area contributed by atoms with Crippen LogP contribution in [0.3, 0.4) is 0 Å². The van der Waals surface area contributed by atoms with Crippen LogP contribution in [-0.4, -0.2) is 25.2 Å². The summed E-state index contributed by atoms with van der Waals surface area (Å²) >= 11 is 0. The zero-order valence-corrected chi connectivity index (χ0v) is 16.1. The number of rotatable bonds is 4. The minimum Gasteiger partial charge on any atom is -0.325 e. The molecule has 1 amide bonds. The SMILES string of the molecule is CC(C)(C)n1ncc2c(=O)n(CCC(=O)Nc3ccccc3C(F)(F)F)cnc21. The quantitative estimate of drug-likeness (QED) is 0.719. The number of carbonyl (C=O) groups excluding carboxylic acids is 1. The van der Waals surface area contributed by atoms with Crippen molar-refractivity contribution in [1.82, 2.24) is 19.3 Å². The van der Waals surface area contributed by atoms with E-state index in [4.69, 9.17) is 0 Å².